The number of carbonyl (C=O) groups is 2. The summed E-state index contributed by atoms with van der Waals surface area (Å²) in [5.41, 5.74) is 12.7. The number of anilines is 1. The van der Waals surface area contributed by atoms with E-state index in [2.05, 4.69) is 10.0 Å². The molecule has 2 atom stereocenters. The Hall–Kier alpha value is -4.07. The molecule has 1 aliphatic heterocycles. The van der Waals surface area contributed by atoms with Crippen molar-refractivity contribution in [2.75, 3.05) is 30.0 Å². The Morgan fingerprint density at radius 2 is 1.71 bits per heavy atom. The summed E-state index contributed by atoms with van der Waals surface area (Å²) in [5.74, 6) is 0.169. The highest BCUT2D eigenvalue weighted by atomic mass is 32.2. The molecule has 9 heteroatoms. The molecular formula is C29H30N6O2S. The Bertz CT molecular complexity index is 1330. The number of nitrogens with one attached hydrogen (secondary N) is 1. The van der Waals surface area contributed by atoms with Crippen LogP contribution in [0.3, 0.4) is 0 Å². The highest BCUT2D eigenvalue weighted by Gasteiger charge is 2.36. The number of hydrogen-bond donors (Lipinski definition) is 1. The zero-order valence-corrected chi connectivity index (χ0v) is 22.1. The molecule has 0 saturated carbocycles. The van der Waals surface area contributed by atoms with E-state index >= 15 is 0 Å². The summed E-state index contributed by atoms with van der Waals surface area (Å²) < 4.78 is 0. The van der Waals surface area contributed by atoms with Crippen LogP contribution in [-0.4, -0.2) is 53.6 Å². The molecule has 3 aromatic rings. The molecule has 1 saturated heterocycles. The molecule has 0 radical (unpaired) electrons. The smallest absolute Gasteiger partial charge is 0.249 e. The van der Waals surface area contributed by atoms with Gasteiger partial charge in [0.25, 0.3) is 0 Å². The summed E-state index contributed by atoms with van der Waals surface area (Å²) in [6.07, 6.45) is 1.39. The first-order valence-electron chi connectivity index (χ1n) is 12.5. The molecule has 8 nitrogen and oxygen atoms in total. The summed E-state index contributed by atoms with van der Waals surface area (Å²) in [4.78, 5) is 32.9. The molecular weight excluding hydrogens is 496 g/mol. The average Bonchev–Trinajstić information content (AvgIpc) is 3.46. The molecule has 194 valence electrons. The quantitative estimate of drug-likeness (QED) is 0.149. The average molecular weight is 527 g/mol. The normalized spacial score (nSPS) is 15.4. The van der Waals surface area contributed by atoms with Crippen molar-refractivity contribution < 1.29 is 9.59 Å². The van der Waals surface area contributed by atoms with E-state index in [1.54, 1.807) is 16.8 Å². The van der Waals surface area contributed by atoms with Crippen molar-refractivity contribution in [1.29, 1.82) is 5.41 Å². The molecule has 3 aromatic carbocycles. The Morgan fingerprint density at radius 3 is 2.42 bits per heavy atom. The largest absolute Gasteiger partial charge is 0.330 e. The third-order valence-corrected chi connectivity index (χ3v) is 7.60. The Balaban J connectivity index is 1.39. The number of hydrogen-bond acceptors (Lipinski definition) is 5. The van der Waals surface area contributed by atoms with Crippen LogP contribution < -0.4 is 4.90 Å². The van der Waals surface area contributed by atoms with E-state index in [1.807, 2.05) is 84.9 Å². The van der Waals surface area contributed by atoms with Crippen molar-refractivity contribution in [3.05, 3.63) is 101 Å². The second-order valence-corrected chi connectivity index (χ2v) is 10.0. The second kappa shape index (κ2) is 12.9. The number of thioether (sulfide) groups is 1. The molecule has 1 aliphatic rings. The maximum Gasteiger partial charge on any atom is 0.249 e. The Kier molecular flexibility index (Phi) is 9.19. The van der Waals surface area contributed by atoms with E-state index < -0.39 is 12.1 Å². The Labute approximate surface area is 226 Å². The standard InChI is InChI=1S/C29H30N6O2S/c1-34(25-16-9-8-15-23(25)21-11-4-2-5-12-21)29(37)26-17-10-18-35(26)27(36)20-38-19-24(30)28(32-33-31)22-13-6-3-7-14-22/h2-9,11-16,26,28,30H,10,17-20H2,1H3/t26-,28?/m0/s1. The first-order chi connectivity index (χ1) is 18.5. The van der Waals surface area contributed by atoms with E-state index in [-0.39, 0.29) is 29.0 Å². The predicted molar refractivity (Wildman–Crippen MR) is 153 cm³/mol. The fraction of sp³-hybridized carbons (Fsp3) is 0.276. The van der Waals surface area contributed by atoms with E-state index in [4.69, 9.17) is 10.9 Å². The minimum atomic E-state index is -0.705. The van der Waals surface area contributed by atoms with E-state index in [9.17, 15) is 9.59 Å². The fourth-order valence-corrected chi connectivity index (χ4v) is 5.55. The predicted octanol–water partition coefficient (Wildman–Crippen LogP) is 6.11. The number of para-hydroxylation sites is 1. The van der Waals surface area contributed by atoms with E-state index in [1.165, 1.54) is 11.8 Å². The number of rotatable bonds is 10. The molecule has 2 amide bonds. The van der Waals surface area contributed by atoms with Gasteiger partial charge >= 0.3 is 0 Å². The van der Waals surface area contributed by atoms with Crippen molar-refractivity contribution in [3.63, 3.8) is 0 Å². The van der Waals surface area contributed by atoms with Gasteiger partial charge in [-0.25, -0.2) is 0 Å². The van der Waals surface area contributed by atoms with Crippen LogP contribution in [0.25, 0.3) is 21.6 Å². The monoisotopic (exact) mass is 526 g/mol. The first kappa shape index (κ1) is 27.0. The lowest BCUT2D eigenvalue weighted by atomic mass is 10.0. The van der Waals surface area contributed by atoms with Crippen molar-refractivity contribution >= 4 is 35.0 Å². The third kappa shape index (κ3) is 6.25. The molecule has 0 spiro atoms. The number of likely N-dealkylation sites (N-methyl/N-ethyl adjacent to an activating group) is 1. The van der Waals surface area contributed by atoms with Gasteiger partial charge in [-0.2, -0.15) is 0 Å². The lowest BCUT2D eigenvalue weighted by molar-refractivity contribution is -0.135. The molecule has 0 aromatic heterocycles. The number of azide groups is 1. The summed E-state index contributed by atoms with van der Waals surface area (Å²) in [6, 6.07) is 25.7. The van der Waals surface area contributed by atoms with Crippen molar-refractivity contribution in [3.8, 4) is 11.1 Å². The van der Waals surface area contributed by atoms with Gasteiger partial charge in [-0.3, -0.25) is 9.59 Å². The maximum absolute atomic E-state index is 13.6. The van der Waals surface area contributed by atoms with Gasteiger partial charge in [0.15, 0.2) is 0 Å². The molecule has 1 N–H and O–H groups in total. The number of likely N-dealkylation sites (tertiary alicyclic amines) is 1. The lowest BCUT2D eigenvalue weighted by Crippen LogP contribution is -2.47. The maximum atomic E-state index is 13.6. The zero-order chi connectivity index (χ0) is 26.9. The summed E-state index contributed by atoms with van der Waals surface area (Å²) in [5, 5.41) is 12.2. The van der Waals surface area contributed by atoms with Crippen molar-refractivity contribution in [2.24, 2.45) is 5.11 Å². The highest BCUT2D eigenvalue weighted by Crippen LogP contribution is 2.32. The molecule has 4 rings (SSSR count). The van der Waals surface area contributed by atoms with Crippen LogP contribution in [0.5, 0.6) is 0 Å². The molecule has 1 fully saturated rings. The van der Waals surface area contributed by atoms with E-state index in [0.29, 0.717) is 13.0 Å². The van der Waals surface area contributed by atoms with Crippen LogP contribution in [0.15, 0.2) is 90.0 Å². The van der Waals surface area contributed by atoms with E-state index in [0.717, 1.165) is 28.8 Å². The van der Waals surface area contributed by atoms with Crippen LogP contribution in [0.4, 0.5) is 5.69 Å². The van der Waals surface area contributed by atoms with Gasteiger partial charge in [0, 0.05) is 35.5 Å². The number of carbonyl (C=O) groups excluding carboxylic acids is 2. The van der Waals surface area contributed by atoms with Gasteiger partial charge in [-0.05, 0) is 35.6 Å². The van der Waals surface area contributed by atoms with Gasteiger partial charge in [0.2, 0.25) is 11.8 Å². The minimum absolute atomic E-state index is 0.107. The van der Waals surface area contributed by atoms with Crippen LogP contribution in [0, 0.1) is 5.41 Å². The fourth-order valence-electron chi connectivity index (χ4n) is 4.73. The molecule has 0 aliphatic carbocycles. The summed E-state index contributed by atoms with van der Waals surface area (Å²) in [7, 11) is 1.76. The van der Waals surface area contributed by atoms with Gasteiger partial charge in [0.1, 0.15) is 12.1 Å². The van der Waals surface area contributed by atoms with Crippen LogP contribution >= 0.6 is 11.8 Å². The van der Waals surface area contributed by atoms with Crippen LogP contribution in [0.2, 0.25) is 0 Å². The van der Waals surface area contributed by atoms with Crippen LogP contribution in [0.1, 0.15) is 24.4 Å². The van der Waals surface area contributed by atoms with Crippen molar-refractivity contribution in [2.45, 2.75) is 24.9 Å². The SMILES string of the molecule is CN(C(=O)[C@@H]1CCCN1C(=O)CSCC(=N)C(N=[N+]=[N-])c1ccccc1)c1ccccc1-c1ccccc1. The molecule has 0 bridgehead atoms. The Morgan fingerprint density at radius 1 is 1.05 bits per heavy atom. The second-order valence-electron chi connectivity index (χ2n) is 9.06. The zero-order valence-electron chi connectivity index (χ0n) is 21.2. The summed E-state index contributed by atoms with van der Waals surface area (Å²) in [6.45, 7) is 0.535. The topological polar surface area (TPSA) is 113 Å². The summed E-state index contributed by atoms with van der Waals surface area (Å²) >= 11 is 1.30. The number of nitrogens with zero attached hydrogens (tertiary/aromatic N) is 5. The minimum Gasteiger partial charge on any atom is -0.330 e. The number of amides is 2. The molecule has 1 heterocycles. The third-order valence-electron chi connectivity index (χ3n) is 6.63. The highest BCUT2D eigenvalue weighted by molar-refractivity contribution is 8.00. The number of benzene rings is 3. The molecule has 38 heavy (non-hydrogen) atoms. The van der Waals surface area contributed by atoms with Gasteiger partial charge < -0.3 is 15.2 Å². The van der Waals surface area contributed by atoms with Gasteiger partial charge in [-0.1, -0.05) is 84.0 Å². The van der Waals surface area contributed by atoms with Crippen LogP contribution in [-0.2, 0) is 9.59 Å². The van der Waals surface area contributed by atoms with Crippen molar-refractivity contribution in [1.82, 2.24) is 4.90 Å². The van der Waals surface area contributed by atoms with Gasteiger partial charge in [0.05, 0.1) is 11.4 Å². The molecule has 1 unspecified atom stereocenters. The van der Waals surface area contributed by atoms with Gasteiger partial charge in [-0.15, -0.1) is 11.8 Å². The first-order valence-corrected chi connectivity index (χ1v) is 13.6. The lowest BCUT2D eigenvalue weighted by Gasteiger charge is -2.29.